The number of nitrogen functional groups attached to an aromatic ring is 1. The van der Waals surface area contributed by atoms with Gasteiger partial charge in [0.25, 0.3) is 0 Å². The monoisotopic (exact) mass is 238 g/mol. The summed E-state index contributed by atoms with van der Waals surface area (Å²) in [6.07, 6.45) is -2.61. The van der Waals surface area contributed by atoms with Crippen molar-refractivity contribution < 1.29 is 15.0 Å². The molecule has 0 aliphatic rings. The topological polar surface area (TPSA) is 110 Å². The van der Waals surface area contributed by atoms with Gasteiger partial charge in [0.15, 0.2) is 0 Å². The molecule has 2 atom stereocenters. The number of aliphatic hydroxyl groups excluding tert-OH is 2. The Kier molecular flexibility index (Phi) is 4.09. The fourth-order valence-corrected chi connectivity index (χ4v) is 1.71. The van der Waals surface area contributed by atoms with Crippen molar-refractivity contribution in [3.8, 4) is 0 Å². The Morgan fingerprint density at radius 1 is 1.29 bits per heavy atom. The zero-order valence-electron chi connectivity index (χ0n) is 9.97. The molecule has 0 saturated heterocycles. The summed E-state index contributed by atoms with van der Waals surface area (Å²) in [5.74, 6) is -0.652. The molecule has 94 valence electrons. The van der Waals surface area contributed by atoms with Crippen LogP contribution in [0, 0.1) is 13.8 Å². The first kappa shape index (κ1) is 13.5. The zero-order chi connectivity index (χ0) is 13.2. The van der Waals surface area contributed by atoms with E-state index in [4.69, 9.17) is 11.5 Å². The SMILES string of the molecule is Cc1c(N)ccc(C(O)C(O)CC(N)=O)c1C. The summed E-state index contributed by atoms with van der Waals surface area (Å²) >= 11 is 0. The molecule has 17 heavy (non-hydrogen) atoms. The minimum Gasteiger partial charge on any atom is -0.399 e. The maximum Gasteiger partial charge on any atom is 0.220 e. The van der Waals surface area contributed by atoms with Gasteiger partial charge in [0.2, 0.25) is 5.91 Å². The van der Waals surface area contributed by atoms with E-state index in [1.807, 2.05) is 6.92 Å². The van der Waals surface area contributed by atoms with E-state index in [0.29, 0.717) is 11.3 Å². The molecule has 1 aromatic carbocycles. The highest BCUT2D eigenvalue weighted by molar-refractivity contribution is 5.74. The quantitative estimate of drug-likeness (QED) is 0.560. The molecule has 0 saturated carbocycles. The van der Waals surface area contributed by atoms with E-state index in [2.05, 4.69) is 0 Å². The van der Waals surface area contributed by atoms with Crippen molar-refractivity contribution in [2.75, 3.05) is 5.73 Å². The van der Waals surface area contributed by atoms with Crippen LogP contribution in [0.25, 0.3) is 0 Å². The molecular weight excluding hydrogens is 220 g/mol. The molecule has 0 bridgehead atoms. The van der Waals surface area contributed by atoms with E-state index in [1.54, 1.807) is 19.1 Å². The van der Waals surface area contributed by atoms with Crippen molar-refractivity contribution in [2.45, 2.75) is 32.5 Å². The molecule has 0 fully saturated rings. The molecule has 2 unspecified atom stereocenters. The standard InChI is InChI=1S/C12H18N2O3/c1-6-7(2)9(13)4-3-8(6)12(17)10(15)5-11(14)16/h3-4,10,12,15,17H,5,13H2,1-2H3,(H2,14,16). The number of carbonyl (C=O) groups excluding carboxylic acids is 1. The van der Waals surface area contributed by atoms with Gasteiger partial charge in [0, 0.05) is 5.69 Å². The number of hydrogen-bond donors (Lipinski definition) is 4. The number of benzene rings is 1. The first-order valence-corrected chi connectivity index (χ1v) is 5.34. The number of amides is 1. The van der Waals surface area contributed by atoms with Gasteiger partial charge in [0.05, 0.1) is 12.5 Å². The Morgan fingerprint density at radius 2 is 1.88 bits per heavy atom. The van der Waals surface area contributed by atoms with Crippen LogP contribution < -0.4 is 11.5 Å². The summed E-state index contributed by atoms with van der Waals surface area (Å²) in [5.41, 5.74) is 13.5. The molecule has 0 aliphatic heterocycles. The maximum atomic E-state index is 10.7. The van der Waals surface area contributed by atoms with Crippen molar-refractivity contribution >= 4 is 11.6 Å². The number of aliphatic hydroxyl groups is 2. The van der Waals surface area contributed by atoms with Crippen molar-refractivity contribution in [1.82, 2.24) is 0 Å². The van der Waals surface area contributed by atoms with Gasteiger partial charge in [-0.25, -0.2) is 0 Å². The highest BCUT2D eigenvalue weighted by Crippen LogP contribution is 2.27. The van der Waals surface area contributed by atoms with Crippen LogP contribution in [0.1, 0.15) is 29.2 Å². The lowest BCUT2D eigenvalue weighted by atomic mass is 9.94. The second-order valence-corrected chi connectivity index (χ2v) is 4.18. The number of hydrogen-bond acceptors (Lipinski definition) is 4. The van der Waals surface area contributed by atoms with E-state index in [-0.39, 0.29) is 6.42 Å². The highest BCUT2D eigenvalue weighted by atomic mass is 16.3. The summed E-state index contributed by atoms with van der Waals surface area (Å²) in [6, 6.07) is 3.31. The van der Waals surface area contributed by atoms with Gasteiger partial charge in [-0.2, -0.15) is 0 Å². The molecular formula is C12H18N2O3. The van der Waals surface area contributed by atoms with Gasteiger partial charge in [-0.15, -0.1) is 0 Å². The fraction of sp³-hybridized carbons (Fsp3) is 0.417. The fourth-order valence-electron chi connectivity index (χ4n) is 1.71. The molecule has 5 nitrogen and oxygen atoms in total. The third-order valence-corrected chi connectivity index (χ3v) is 2.96. The summed E-state index contributed by atoms with van der Waals surface area (Å²) in [5, 5.41) is 19.6. The van der Waals surface area contributed by atoms with Crippen LogP contribution in [0.4, 0.5) is 5.69 Å². The Balaban J connectivity index is 3.00. The Hall–Kier alpha value is -1.59. The zero-order valence-corrected chi connectivity index (χ0v) is 9.97. The lowest BCUT2D eigenvalue weighted by molar-refractivity contribution is -0.121. The first-order valence-electron chi connectivity index (χ1n) is 5.34. The molecule has 6 N–H and O–H groups in total. The van der Waals surface area contributed by atoms with E-state index >= 15 is 0 Å². The second-order valence-electron chi connectivity index (χ2n) is 4.18. The molecule has 1 rings (SSSR count). The molecule has 1 aromatic rings. The average Bonchev–Trinajstić information content (AvgIpc) is 2.24. The smallest absolute Gasteiger partial charge is 0.220 e. The number of carbonyl (C=O) groups is 1. The van der Waals surface area contributed by atoms with Gasteiger partial charge in [-0.05, 0) is 36.6 Å². The number of rotatable bonds is 4. The van der Waals surface area contributed by atoms with Crippen molar-refractivity contribution in [3.05, 3.63) is 28.8 Å². The molecule has 0 heterocycles. The Labute approximate surface area is 100 Å². The van der Waals surface area contributed by atoms with Crippen LogP contribution in [0.5, 0.6) is 0 Å². The van der Waals surface area contributed by atoms with Crippen LogP contribution in [0.15, 0.2) is 12.1 Å². The molecule has 1 amide bonds. The summed E-state index contributed by atoms with van der Waals surface area (Å²) < 4.78 is 0. The third-order valence-electron chi connectivity index (χ3n) is 2.96. The van der Waals surface area contributed by atoms with Crippen LogP contribution in [-0.4, -0.2) is 22.2 Å². The van der Waals surface area contributed by atoms with Crippen molar-refractivity contribution in [2.24, 2.45) is 5.73 Å². The Morgan fingerprint density at radius 3 is 2.41 bits per heavy atom. The van der Waals surface area contributed by atoms with E-state index in [9.17, 15) is 15.0 Å². The molecule has 0 aromatic heterocycles. The van der Waals surface area contributed by atoms with Crippen LogP contribution in [0.3, 0.4) is 0 Å². The third kappa shape index (κ3) is 2.95. The normalized spacial score (nSPS) is 14.4. The largest absolute Gasteiger partial charge is 0.399 e. The predicted octanol–water partition coefficient (Wildman–Crippen LogP) is 0.155. The van der Waals surface area contributed by atoms with Gasteiger partial charge in [-0.3, -0.25) is 4.79 Å². The second kappa shape index (κ2) is 5.16. The lowest BCUT2D eigenvalue weighted by Gasteiger charge is -2.20. The number of primary amides is 1. The van der Waals surface area contributed by atoms with Crippen molar-refractivity contribution in [3.63, 3.8) is 0 Å². The van der Waals surface area contributed by atoms with Gasteiger partial charge >= 0.3 is 0 Å². The van der Waals surface area contributed by atoms with Crippen LogP contribution in [0.2, 0.25) is 0 Å². The van der Waals surface area contributed by atoms with Gasteiger partial charge in [0.1, 0.15) is 6.10 Å². The first-order chi connectivity index (χ1) is 7.84. The lowest BCUT2D eigenvalue weighted by Crippen LogP contribution is -2.26. The number of nitrogens with two attached hydrogens (primary N) is 2. The summed E-state index contributed by atoms with van der Waals surface area (Å²) in [6.45, 7) is 3.64. The number of anilines is 1. The van der Waals surface area contributed by atoms with Crippen LogP contribution >= 0.6 is 0 Å². The minimum atomic E-state index is -1.20. The van der Waals surface area contributed by atoms with E-state index < -0.39 is 18.1 Å². The molecule has 0 spiro atoms. The molecule has 0 aliphatic carbocycles. The average molecular weight is 238 g/mol. The van der Waals surface area contributed by atoms with E-state index in [0.717, 1.165) is 11.1 Å². The summed E-state index contributed by atoms with van der Waals surface area (Å²) in [4.78, 5) is 10.7. The van der Waals surface area contributed by atoms with Gasteiger partial charge in [-0.1, -0.05) is 6.07 Å². The summed E-state index contributed by atoms with van der Waals surface area (Å²) in [7, 11) is 0. The molecule has 0 radical (unpaired) electrons. The Bertz CT molecular complexity index is 432. The minimum absolute atomic E-state index is 0.274. The highest BCUT2D eigenvalue weighted by Gasteiger charge is 2.22. The van der Waals surface area contributed by atoms with Crippen molar-refractivity contribution in [1.29, 1.82) is 0 Å². The van der Waals surface area contributed by atoms with E-state index in [1.165, 1.54) is 0 Å². The maximum absolute atomic E-state index is 10.7. The predicted molar refractivity (Wildman–Crippen MR) is 65.1 cm³/mol. The van der Waals surface area contributed by atoms with Crippen LogP contribution in [-0.2, 0) is 4.79 Å². The molecule has 5 heteroatoms. The van der Waals surface area contributed by atoms with Gasteiger partial charge < -0.3 is 21.7 Å².